The van der Waals surface area contributed by atoms with Crippen LogP contribution in [-0.4, -0.2) is 49.5 Å². The summed E-state index contributed by atoms with van der Waals surface area (Å²) in [6, 6.07) is 13.0. The summed E-state index contributed by atoms with van der Waals surface area (Å²) in [4.78, 5) is 47.3. The molecule has 0 atom stereocenters. The molecular weight excluding hydrogens is 430 g/mol. The van der Waals surface area contributed by atoms with Crippen molar-refractivity contribution < 1.29 is 4.79 Å². The summed E-state index contributed by atoms with van der Waals surface area (Å²) in [5, 5.41) is 4.08. The first-order chi connectivity index (χ1) is 16.4. The minimum Gasteiger partial charge on any atom is -0.356 e. The maximum Gasteiger partial charge on any atom is 0.270 e. The maximum atomic E-state index is 12.8. The van der Waals surface area contributed by atoms with Gasteiger partial charge in [-0.1, -0.05) is 12.1 Å². The molecule has 4 heterocycles. The van der Waals surface area contributed by atoms with Crippen LogP contribution in [0.15, 0.2) is 59.7 Å². The molecule has 1 saturated heterocycles. The number of amides is 1. The lowest BCUT2D eigenvalue weighted by molar-refractivity contribution is 0.0885. The van der Waals surface area contributed by atoms with E-state index >= 15 is 0 Å². The molecule has 0 unspecified atom stereocenters. The van der Waals surface area contributed by atoms with Gasteiger partial charge in [0.05, 0.1) is 5.52 Å². The molecule has 0 radical (unpaired) electrons. The second kappa shape index (κ2) is 8.66. The number of nitrogens with one attached hydrogen (secondary N) is 2. The lowest BCUT2D eigenvalue weighted by atomic mass is 9.89. The van der Waals surface area contributed by atoms with Crippen molar-refractivity contribution in [2.75, 3.05) is 18.0 Å². The first-order valence-corrected chi connectivity index (χ1v) is 11.2. The number of fused-ring (bicyclic) bond motifs is 1. The van der Waals surface area contributed by atoms with Crippen molar-refractivity contribution in [2.24, 2.45) is 0 Å². The monoisotopic (exact) mass is 455 g/mol. The molecule has 1 aromatic carbocycles. The van der Waals surface area contributed by atoms with Gasteiger partial charge in [-0.05, 0) is 51.0 Å². The molecule has 5 rings (SSSR count). The van der Waals surface area contributed by atoms with Gasteiger partial charge in [0.2, 0.25) is 0 Å². The van der Waals surface area contributed by atoms with Crippen molar-refractivity contribution in [3.63, 3.8) is 0 Å². The Bertz CT molecular complexity index is 1410. The van der Waals surface area contributed by atoms with Gasteiger partial charge in [-0.15, -0.1) is 0 Å². The van der Waals surface area contributed by atoms with Gasteiger partial charge >= 0.3 is 0 Å². The normalized spacial score (nSPS) is 15.3. The van der Waals surface area contributed by atoms with Crippen molar-refractivity contribution >= 4 is 22.6 Å². The lowest BCUT2D eigenvalue weighted by Gasteiger charge is -2.40. The van der Waals surface area contributed by atoms with E-state index in [9.17, 15) is 9.59 Å². The summed E-state index contributed by atoms with van der Waals surface area (Å²) < 4.78 is 0. The Labute approximate surface area is 196 Å². The molecule has 1 aliphatic rings. The minimum absolute atomic E-state index is 0.132. The van der Waals surface area contributed by atoms with Gasteiger partial charge in [0.15, 0.2) is 5.82 Å². The Hall–Kier alpha value is -4.14. The van der Waals surface area contributed by atoms with Crippen LogP contribution in [0.4, 0.5) is 5.82 Å². The average molecular weight is 456 g/mol. The highest BCUT2D eigenvalue weighted by molar-refractivity contribution is 5.93. The molecule has 0 aliphatic carbocycles. The van der Waals surface area contributed by atoms with E-state index in [1.54, 1.807) is 19.3 Å². The third-order valence-electron chi connectivity index (χ3n) is 6.18. The zero-order valence-electron chi connectivity index (χ0n) is 19.1. The van der Waals surface area contributed by atoms with E-state index in [1.165, 1.54) is 6.07 Å². The predicted molar refractivity (Wildman–Crippen MR) is 130 cm³/mol. The first kappa shape index (κ1) is 21.7. The zero-order valence-corrected chi connectivity index (χ0v) is 19.1. The highest BCUT2D eigenvalue weighted by Crippen LogP contribution is 2.31. The van der Waals surface area contributed by atoms with Gasteiger partial charge in [0, 0.05) is 48.0 Å². The summed E-state index contributed by atoms with van der Waals surface area (Å²) in [5.41, 5.74) is 1.12. The van der Waals surface area contributed by atoms with Crippen molar-refractivity contribution in [2.45, 2.75) is 32.2 Å². The van der Waals surface area contributed by atoms with Gasteiger partial charge in [0.25, 0.3) is 11.5 Å². The summed E-state index contributed by atoms with van der Waals surface area (Å²) in [6.07, 6.45) is 4.94. The Morgan fingerprint density at radius 3 is 2.62 bits per heavy atom. The molecule has 1 amide bonds. The molecule has 0 spiro atoms. The van der Waals surface area contributed by atoms with Crippen molar-refractivity contribution in [3.8, 4) is 11.4 Å². The number of benzene rings is 1. The van der Waals surface area contributed by atoms with E-state index in [-0.39, 0.29) is 17.2 Å². The number of aromatic amines is 1. The van der Waals surface area contributed by atoms with Crippen LogP contribution in [0.25, 0.3) is 22.3 Å². The van der Waals surface area contributed by atoms with Crippen LogP contribution in [0.3, 0.4) is 0 Å². The fourth-order valence-electron chi connectivity index (χ4n) is 4.30. The molecule has 2 N–H and O–H groups in total. The van der Waals surface area contributed by atoms with E-state index < -0.39 is 5.54 Å². The molecule has 0 saturated carbocycles. The first-order valence-electron chi connectivity index (χ1n) is 11.2. The number of anilines is 1. The molecule has 34 heavy (non-hydrogen) atoms. The number of aryl methyl sites for hydroxylation is 1. The Morgan fingerprint density at radius 2 is 1.88 bits per heavy atom. The minimum atomic E-state index is -0.416. The average Bonchev–Trinajstić information content (AvgIpc) is 2.84. The quantitative estimate of drug-likeness (QED) is 0.486. The summed E-state index contributed by atoms with van der Waals surface area (Å²) in [7, 11) is 0. The molecule has 4 aromatic rings. The van der Waals surface area contributed by atoms with E-state index in [2.05, 4.69) is 25.2 Å². The molecule has 1 aliphatic heterocycles. The number of rotatable bonds is 4. The van der Waals surface area contributed by atoms with Crippen LogP contribution in [0.5, 0.6) is 0 Å². The second-order valence-corrected chi connectivity index (χ2v) is 8.85. The smallest absolute Gasteiger partial charge is 0.270 e. The third kappa shape index (κ3) is 4.36. The fraction of sp³-hybridized carbons (Fsp3) is 0.280. The molecular formula is C25H25N7O2. The molecule has 9 heteroatoms. The van der Waals surface area contributed by atoms with Crippen molar-refractivity contribution in [3.05, 3.63) is 76.7 Å². The van der Waals surface area contributed by atoms with E-state index in [1.807, 2.05) is 43.3 Å². The fourth-order valence-corrected chi connectivity index (χ4v) is 4.30. The van der Waals surface area contributed by atoms with Crippen LogP contribution in [0, 0.1) is 6.92 Å². The summed E-state index contributed by atoms with van der Waals surface area (Å²) in [6.45, 7) is 5.11. The topological polar surface area (TPSA) is 117 Å². The van der Waals surface area contributed by atoms with Gasteiger partial charge in [-0.2, -0.15) is 0 Å². The van der Waals surface area contributed by atoms with Crippen LogP contribution >= 0.6 is 0 Å². The van der Waals surface area contributed by atoms with Crippen LogP contribution in [-0.2, 0) is 0 Å². The Kier molecular flexibility index (Phi) is 5.53. The van der Waals surface area contributed by atoms with E-state index in [0.29, 0.717) is 24.7 Å². The second-order valence-electron chi connectivity index (χ2n) is 8.85. The highest BCUT2D eigenvalue weighted by Gasteiger charge is 2.33. The number of H-pyrrole nitrogens is 1. The molecule has 9 nitrogen and oxygen atoms in total. The molecule has 172 valence electrons. The summed E-state index contributed by atoms with van der Waals surface area (Å²) >= 11 is 0. The summed E-state index contributed by atoms with van der Waals surface area (Å²) in [5.74, 6) is 1.60. The van der Waals surface area contributed by atoms with Crippen molar-refractivity contribution in [1.82, 2.24) is 30.2 Å². The highest BCUT2D eigenvalue weighted by atomic mass is 16.2. The number of hydrogen-bond donors (Lipinski definition) is 2. The van der Waals surface area contributed by atoms with Gasteiger partial charge in [-0.3, -0.25) is 14.6 Å². The number of carbonyl (C=O) groups is 1. The van der Waals surface area contributed by atoms with Crippen LogP contribution in [0.1, 0.15) is 36.1 Å². The predicted octanol–water partition coefficient (Wildman–Crippen LogP) is 2.87. The lowest BCUT2D eigenvalue weighted by Crippen LogP contribution is -2.53. The number of piperidine rings is 1. The molecule has 1 fully saturated rings. The van der Waals surface area contributed by atoms with Gasteiger partial charge < -0.3 is 15.2 Å². The molecule has 3 aromatic heterocycles. The Balaban J connectivity index is 1.38. The number of carbonyl (C=O) groups excluding carboxylic acids is 1. The maximum absolute atomic E-state index is 12.8. The van der Waals surface area contributed by atoms with Gasteiger partial charge in [0.1, 0.15) is 17.3 Å². The number of pyridine rings is 1. The standard InChI is InChI=1S/C25H25N7O2/c1-16-27-20(14-21(33)28-16)24(34)31-25(2)9-12-32(13-10-25)23-18-7-3-4-8-19(18)29-22(30-23)17-6-5-11-26-15-17/h3-8,11,14-15H,9-10,12-13H2,1-2H3,(H,31,34)(H,27,28,33). The number of aromatic nitrogens is 5. The van der Waals surface area contributed by atoms with Crippen LogP contribution < -0.4 is 15.8 Å². The Morgan fingerprint density at radius 1 is 1.09 bits per heavy atom. The number of para-hydroxylation sites is 1. The van der Waals surface area contributed by atoms with Crippen molar-refractivity contribution in [1.29, 1.82) is 0 Å². The largest absolute Gasteiger partial charge is 0.356 e. The number of nitrogens with zero attached hydrogens (tertiary/aromatic N) is 5. The van der Waals surface area contributed by atoms with E-state index in [0.717, 1.165) is 35.1 Å². The third-order valence-corrected chi connectivity index (χ3v) is 6.18. The van der Waals surface area contributed by atoms with Crippen LogP contribution in [0.2, 0.25) is 0 Å². The van der Waals surface area contributed by atoms with Gasteiger partial charge in [-0.25, -0.2) is 15.0 Å². The molecule has 0 bridgehead atoms. The van der Waals surface area contributed by atoms with E-state index in [4.69, 9.17) is 9.97 Å². The zero-order chi connectivity index (χ0) is 23.7. The number of hydrogen-bond acceptors (Lipinski definition) is 7. The SMILES string of the molecule is Cc1nc(C(=O)NC2(C)CCN(c3nc(-c4cccnc4)nc4ccccc34)CC2)cc(=O)[nH]1.